The fourth-order valence-corrected chi connectivity index (χ4v) is 2.44. The highest BCUT2D eigenvalue weighted by Crippen LogP contribution is 2.38. The highest BCUT2D eigenvalue weighted by Gasteiger charge is 2.18. The summed E-state index contributed by atoms with van der Waals surface area (Å²) in [7, 11) is 4.35. The van der Waals surface area contributed by atoms with Crippen molar-refractivity contribution in [2.75, 3.05) is 26.8 Å². The molecule has 2 aromatic carbocycles. The van der Waals surface area contributed by atoms with Crippen LogP contribution in [0.2, 0.25) is 0 Å². The molecule has 0 fully saturated rings. The van der Waals surface area contributed by atoms with Crippen molar-refractivity contribution in [1.82, 2.24) is 15.1 Å². The first-order chi connectivity index (χ1) is 12.6. The van der Waals surface area contributed by atoms with Crippen LogP contribution in [0.5, 0.6) is 17.2 Å². The SMILES string of the molecule is COc1cc(C(=O)Nn2nnc3ccccc3c2=O)cc(OC)c1OC. The number of hydrogen-bond donors (Lipinski definition) is 1. The Bertz CT molecular complexity index is 1010. The molecule has 0 saturated heterocycles. The Labute approximate surface area is 148 Å². The molecular formula is C17H16N4O5. The van der Waals surface area contributed by atoms with Gasteiger partial charge in [-0.3, -0.25) is 9.59 Å². The molecule has 0 aliphatic rings. The minimum atomic E-state index is -0.587. The number of fused-ring (bicyclic) bond motifs is 1. The van der Waals surface area contributed by atoms with E-state index in [2.05, 4.69) is 15.7 Å². The van der Waals surface area contributed by atoms with Crippen LogP contribution >= 0.6 is 0 Å². The first-order valence-electron chi connectivity index (χ1n) is 7.55. The van der Waals surface area contributed by atoms with Gasteiger partial charge in [0.25, 0.3) is 11.5 Å². The van der Waals surface area contributed by atoms with Crippen LogP contribution < -0.4 is 25.2 Å². The van der Waals surface area contributed by atoms with Crippen molar-refractivity contribution in [1.29, 1.82) is 0 Å². The Kier molecular flexibility index (Phi) is 4.70. The van der Waals surface area contributed by atoms with Gasteiger partial charge in [0.15, 0.2) is 11.5 Å². The van der Waals surface area contributed by atoms with E-state index in [4.69, 9.17) is 14.2 Å². The molecule has 9 nitrogen and oxygen atoms in total. The third kappa shape index (κ3) is 3.02. The number of nitrogens with one attached hydrogen (secondary N) is 1. The molecular weight excluding hydrogens is 340 g/mol. The molecule has 3 aromatic rings. The van der Waals surface area contributed by atoms with Crippen molar-refractivity contribution in [3.63, 3.8) is 0 Å². The molecule has 9 heteroatoms. The minimum Gasteiger partial charge on any atom is -0.493 e. The standard InChI is InChI=1S/C17H16N4O5/c1-24-13-8-10(9-14(25-2)15(13)26-3)16(22)19-21-17(23)11-6-4-5-7-12(11)18-20-21/h4-9H,1-3H3,(H,19,22). The van der Waals surface area contributed by atoms with Crippen LogP contribution in [0.1, 0.15) is 10.4 Å². The van der Waals surface area contributed by atoms with E-state index in [1.807, 2.05) is 0 Å². The summed E-state index contributed by atoms with van der Waals surface area (Å²) in [6.45, 7) is 0. The highest BCUT2D eigenvalue weighted by molar-refractivity contribution is 6.01. The van der Waals surface area contributed by atoms with Crippen LogP contribution in [-0.2, 0) is 0 Å². The quantitative estimate of drug-likeness (QED) is 0.732. The summed E-state index contributed by atoms with van der Waals surface area (Å²) in [5.74, 6) is 0.396. The van der Waals surface area contributed by atoms with E-state index >= 15 is 0 Å². The summed E-state index contributed by atoms with van der Waals surface area (Å²) in [6, 6.07) is 9.65. The zero-order valence-electron chi connectivity index (χ0n) is 14.3. The third-order valence-electron chi connectivity index (χ3n) is 3.70. The van der Waals surface area contributed by atoms with Crippen LogP contribution in [0.4, 0.5) is 0 Å². The summed E-state index contributed by atoms with van der Waals surface area (Å²) in [6.07, 6.45) is 0. The molecule has 3 rings (SSSR count). The van der Waals surface area contributed by atoms with Gasteiger partial charge in [-0.25, -0.2) is 5.43 Å². The van der Waals surface area contributed by atoms with E-state index in [0.717, 1.165) is 4.79 Å². The zero-order valence-corrected chi connectivity index (χ0v) is 14.3. The maximum absolute atomic E-state index is 12.5. The van der Waals surface area contributed by atoms with Crippen molar-refractivity contribution in [2.45, 2.75) is 0 Å². The number of aromatic nitrogens is 3. The number of rotatable bonds is 5. The summed E-state index contributed by atoms with van der Waals surface area (Å²) < 4.78 is 15.7. The van der Waals surface area contributed by atoms with Crippen molar-refractivity contribution >= 4 is 16.8 Å². The van der Waals surface area contributed by atoms with Crippen LogP contribution in [0.25, 0.3) is 10.9 Å². The molecule has 0 bridgehead atoms. The summed E-state index contributed by atoms with van der Waals surface area (Å²) in [4.78, 5) is 25.8. The van der Waals surface area contributed by atoms with E-state index in [1.165, 1.54) is 33.5 Å². The van der Waals surface area contributed by atoms with Gasteiger partial charge in [0.2, 0.25) is 5.75 Å². The second-order valence-corrected chi connectivity index (χ2v) is 5.18. The molecule has 1 N–H and O–H groups in total. The first-order valence-corrected chi connectivity index (χ1v) is 7.55. The third-order valence-corrected chi connectivity index (χ3v) is 3.70. The molecule has 0 radical (unpaired) electrons. The van der Waals surface area contributed by atoms with Gasteiger partial charge in [0.05, 0.1) is 26.7 Å². The van der Waals surface area contributed by atoms with Gasteiger partial charge in [0.1, 0.15) is 5.52 Å². The van der Waals surface area contributed by atoms with Gasteiger partial charge >= 0.3 is 0 Å². The lowest BCUT2D eigenvalue weighted by Gasteiger charge is -2.14. The monoisotopic (exact) mass is 356 g/mol. The number of amides is 1. The van der Waals surface area contributed by atoms with Crippen molar-refractivity contribution in [3.05, 3.63) is 52.3 Å². The molecule has 0 unspecified atom stereocenters. The number of carbonyl (C=O) groups is 1. The zero-order chi connectivity index (χ0) is 18.7. The lowest BCUT2D eigenvalue weighted by atomic mass is 10.1. The molecule has 0 atom stereocenters. The molecule has 26 heavy (non-hydrogen) atoms. The van der Waals surface area contributed by atoms with Gasteiger partial charge < -0.3 is 14.2 Å². The van der Waals surface area contributed by atoms with Gasteiger partial charge in [-0.1, -0.05) is 12.1 Å². The lowest BCUT2D eigenvalue weighted by molar-refractivity contribution is 0.100. The van der Waals surface area contributed by atoms with Crippen LogP contribution in [0.15, 0.2) is 41.2 Å². The van der Waals surface area contributed by atoms with Crippen molar-refractivity contribution < 1.29 is 19.0 Å². The Balaban J connectivity index is 1.98. The van der Waals surface area contributed by atoms with Gasteiger partial charge in [-0.05, 0) is 29.5 Å². The number of benzene rings is 2. The van der Waals surface area contributed by atoms with Crippen molar-refractivity contribution in [3.8, 4) is 17.2 Å². The smallest absolute Gasteiger partial charge is 0.297 e. The molecule has 0 saturated carbocycles. The number of methoxy groups -OCH3 is 3. The number of carbonyl (C=O) groups excluding carboxylic acids is 1. The fourth-order valence-electron chi connectivity index (χ4n) is 2.44. The number of ether oxygens (including phenoxy) is 3. The second kappa shape index (κ2) is 7.09. The Morgan fingerprint density at radius 2 is 1.69 bits per heavy atom. The normalized spacial score (nSPS) is 10.4. The second-order valence-electron chi connectivity index (χ2n) is 5.18. The Morgan fingerprint density at radius 1 is 1.04 bits per heavy atom. The molecule has 0 spiro atoms. The molecule has 1 amide bonds. The lowest BCUT2D eigenvalue weighted by Crippen LogP contribution is -2.35. The van der Waals surface area contributed by atoms with Crippen LogP contribution in [0, 0.1) is 0 Å². The van der Waals surface area contributed by atoms with E-state index in [9.17, 15) is 9.59 Å². The van der Waals surface area contributed by atoms with E-state index in [1.54, 1.807) is 24.3 Å². The molecule has 1 heterocycles. The van der Waals surface area contributed by atoms with E-state index in [-0.39, 0.29) is 5.56 Å². The summed E-state index contributed by atoms with van der Waals surface area (Å²) >= 11 is 0. The van der Waals surface area contributed by atoms with Gasteiger partial charge in [0, 0.05) is 5.56 Å². The van der Waals surface area contributed by atoms with E-state index < -0.39 is 11.5 Å². The van der Waals surface area contributed by atoms with Gasteiger partial charge in [-0.15, -0.1) is 9.89 Å². The largest absolute Gasteiger partial charge is 0.493 e. The summed E-state index contributed by atoms with van der Waals surface area (Å²) in [5, 5.41) is 7.98. The topological polar surface area (TPSA) is 105 Å². The maximum Gasteiger partial charge on any atom is 0.297 e. The average Bonchev–Trinajstić information content (AvgIpc) is 2.68. The van der Waals surface area contributed by atoms with Crippen molar-refractivity contribution in [2.24, 2.45) is 0 Å². The molecule has 1 aromatic heterocycles. The molecule has 134 valence electrons. The number of nitrogens with zero attached hydrogens (tertiary/aromatic N) is 3. The van der Waals surface area contributed by atoms with Crippen LogP contribution in [-0.4, -0.2) is 42.3 Å². The Hall–Kier alpha value is -3.62. The Morgan fingerprint density at radius 3 is 2.31 bits per heavy atom. The number of hydrogen-bond acceptors (Lipinski definition) is 7. The maximum atomic E-state index is 12.5. The fraction of sp³-hybridized carbons (Fsp3) is 0.176. The van der Waals surface area contributed by atoms with Gasteiger partial charge in [-0.2, -0.15) is 0 Å². The predicted molar refractivity (Wildman–Crippen MR) is 93.6 cm³/mol. The van der Waals surface area contributed by atoms with E-state index in [0.29, 0.717) is 28.2 Å². The molecule has 0 aliphatic carbocycles. The molecule has 0 aliphatic heterocycles. The minimum absolute atomic E-state index is 0.196. The predicted octanol–water partition coefficient (Wildman–Crippen LogP) is 1.20. The average molecular weight is 356 g/mol. The summed E-state index contributed by atoms with van der Waals surface area (Å²) in [5.41, 5.74) is 2.55. The first kappa shape index (κ1) is 17.2. The highest BCUT2D eigenvalue weighted by atomic mass is 16.5. The van der Waals surface area contributed by atoms with Crippen LogP contribution in [0.3, 0.4) is 0 Å².